The monoisotopic (exact) mass is 303 g/mol. The van der Waals surface area contributed by atoms with Crippen LogP contribution in [0, 0.1) is 0 Å². The molecular formula is C15H14ClN3O2. The fraction of sp³-hybridized carbons (Fsp3) is 0.267. The maximum absolute atomic E-state index is 12.0. The van der Waals surface area contributed by atoms with E-state index in [1.807, 2.05) is 12.1 Å². The number of hydrogen-bond donors (Lipinski definition) is 1. The van der Waals surface area contributed by atoms with Crippen LogP contribution in [0.2, 0.25) is 5.02 Å². The number of halogens is 1. The molecule has 0 amide bonds. The first-order chi connectivity index (χ1) is 10.2. The van der Waals surface area contributed by atoms with Crippen LogP contribution >= 0.6 is 11.6 Å². The van der Waals surface area contributed by atoms with Crippen LogP contribution in [0.25, 0.3) is 11.4 Å². The van der Waals surface area contributed by atoms with Gasteiger partial charge in [0.2, 0.25) is 0 Å². The number of rotatable bonds is 2. The molecule has 0 fully saturated rings. The SMILES string of the molecule is COC(=O)c1nc(-c2cccc(Cl)c2)nc2c1CNCC2. The number of esters is 1. The summed E-state index contributed by atoms with van der Waals surface area (Å²) < 4.78 is 4.83. The fourth-order valence-corrected chi connectivity index (χ4v) is 2.56. The van der Waals surface area contributed by atoms with Crippen molar-refractivity contribution in [2.75, 3.05) is 13.7 Å². The molecule has 5 nitrogen and oxygen atoms in total. The van der Waals surface area contributed by atoms with Crippen LogP contribution in [-0.2, 0) is 17.7 Å². The zero-order chi connectivity index (χ0) is 14.8. The van der Waals surface area contributed by atoms with Crippen molar-refractivity contribution < 1.29 is 9.53 Å². The van der Waals surface area contributed by atoms with Crippen molar-refractivity contribution in [1.29, 1.82) is 0 Å². The Hall–Kier alpha value is -1.98. The predicted octanol–water partition coefficient (Wildman–Crippen LogP) is 2.23. The van der Waals surface area contributed by atoms with Gasteiger partial charge in [-0.1, -0.05) is 23.7 Å². The lowest BCUT2D eigenvalue weighted by molar-refractivity contribution is 0.0592. The summed E-state index contributed by atoms with van der Waals surface area (Å²) in [6, 6.07) is 7.27. The van der Waals surface area contributed by atoms with Crippen molar-refractivity contribution >= 4 is 17.6 Å². The molecule has 0 unspecified atom stereocenters. The average Bonchev–Trinajstić information content (AvgIpc) is 2.53. The molecule has 6 heteroatoms. The van der Waals surface area contributed by atoms with E-state index in [4.69, 9.17) is 16.3 Å². The van der Waals surface area contributed by atoms with Crippen molar-refractivity contribution in [3.63, 3.8) is 0 Å². The Bertz CT molecular complexity index is 703. The van der Waals surface area contributed by atoms with Crippen LogP contribution in [0.3, 0.4) is 0 Å². The number of carbonyl (C=O) groups is 1. The number of carbonyl (C=O) groups excluding carboxylic acids is 1. The summed E-state index contributed by atoms with van der Waals surface area (Å²) in [4.78, 5) is 20.9. The maximum atomic E-state index is 12.0. The lowest BCUT2D eigenvalue weighted by atomic mass is 10.0. The Morgan fingerprint density at radius 3 is 3.00 bits per heavy atom. The molecule has 1 aliphatic heterocycles. The van der Waals surface area contributed by atoms with Gasteiger partial charge in [-0.3, -0.25) is 0 Å². The van der Waals surface area contributed by atoms with Gasteiger partial charge in [0.25, 0.3) is 0 Å². The van der Waals surface area contributed by atoms with Crippen molar-refractivity contribution in [1.82, 2.24) is 15.3 Å². The van der Waals surface area contributed by atoms with E-state index < -0.39 is 5.97 Å². The summed E-state index contributed by atoms with van der Waals surface area (Å²) >= 11 is 6.01. The normalized spacial score (nSPS) is 13.6. The van der Waals surface area contributed by atoms with Gasteiger partial charge in [-0.25, -0.2) is 14.8 Å². The molecule has 2 aromatic rings. The molecule has 1 aromatic heterocycles. The third kappa shape index (κ3) is 2.75. The van der Waals surface area contributed by atoms with E-state index in [2.05, 4.69) is 15.3 Å². The molecule has 1 aliphatic rings. The first-order valence-electron chi connectivity index (χ1n) is 6.64. The fourth-order valence-electron chi connectivity index (χ4n) is 2.37. The third-order valence-corrected chi connectivity index (χ3v) is 3.63. The van der Waals surface area contributed by atoms with Crippen LogP contribution in [0.4, 0.5) is 0 Å². The van der Waals surface area contributed by atoms with Gasteiger partial charge in [0.05, 0.1) is 12.8 Å². The number of nitrogens with zero attached hydrogens (tertiary/aromatic N) is 2. The highest BCUT2D eigenvalue weighted by molar-refractivity contribution is 6.30. The molecule has 2 heterocycles. The highest BCUT2D eigenvalue weighted by Gasteiger charge is 2.23. The molecule has 0 bridgehead atoms. The lowest BCUT2D eigenvalue weighted by Gasteiger charge is -2.19. The first-order valence-corrected chi connectivity index (χ1v) is 7.01. The number of aromatic nitrogens is 2. The number of hydrogen-bond acceptors (Lipinski definition) is 5. The molecular weight excluding hydrogens is 290 g/mol. The number of methoxy groups -OCH3 is 1. The Morgan fingerprint density at radius 2 is 2.24 bits per heavy atom. The van der Waals surface area contributed by atoms with Gasteiger partial charge in [-0.2, -0.15) is 0 Å². The van der Waals surface area contributed by atoms with E-state index in [1.165, 1.54) is 7.11 Å². The molecule has 0 spiro atoms. The summed E-state index contributed by atoms with van der Waals surface area (Å²) in [5.74, 6) is 0.0548. The van der Waals surface area contributed by atoms with Gasteiger partial charge in [0.15, 0.2) is 11.5 Å². The van der Waals surface area contributed by atoms with Crippen LogP contribution < -0.4 is 5.32 Å². The molecule has 0 atom stereocenters. The minimum atomic E-state index is -0.444. The van der Waals surface area contributed by atoms with Crippen LogP contribution in [-0.4, -0.2) is 29.6 Å². The highest BCUT2D eigenvalue weighted by atomic mass is 35.5. The van der Waals surface area contributed by atoms with Crippen molar-refractivity contribution in [3.8, 4) is 11.4 Å². The molecule has 1 N–H and O–H groups in total. The molecule has 0 aliphatic carbocycles. The van der Waals surface area contributed by atoms with Gasteiger partial charge in [0, 0.05) is 35.7 Å². The molecule has 108 valence electrons. The third-order valence-electron chi connectivity index (χ3n) is 3.39. The van der Waals surface area contributed by atoms with E-state index in [-0.39, 0.29) is 0 Å². The van der Waals surface area contributed by atoms with Crippen LogP contribution in [0.1, 0.15) is 21.7 Å². The number of ether oxygens (including phenoxy) is 1. The van der Waals surface area contributed by atoms with Gasteiger partial charge in [0.1, 0.15) is 0 Å². The smallest absolute Gasteiger partial charge is 0.357 e. The molecule has 1 aromatic carbocycles. The van der Waals surface area contributed by atoms with Gasteiger partial charge < -0.3 is 10.1 Å². The number of nitrogens with one attached hydrogen (secondary N) is 1. The second-order valence-corrected chi connectivity index (χ2v) is 5.19. The summed E-state index contributed by atoms with van der Waals surface area (Å²) in [5, 5.41) is 3.83. The highest BCUT2D eigenvalue weighted by Crippen LogP contribution is 2.24. The predicted molar refractivity (Wildman–Crippen MR) is 79.2 cm³/mol. The van der Waals surface area contributed by atoms with Crippen LogP contribution in [0.15, 0.2) is 24.3 Å². The lowest BCUT2D eigenvalue weighted by Crippen LogP contribution is -2.28. The zero-order valence-electron chi connectivity index (χ0n) is 11.5. The van der Waals surface area contributed by atoms with E-state index in [0.29, 0.717) is 23.1 Å². The summed E-state index contributed by atoms with van der Waals surface area (Å²) in [6.45, 7) is 1.41. The van der Waals surface area contributed by atoms with Gasteiger partial charge >= 0.3 is 5.97 Å². The largest absolute Gasteiger partial charge is 0.464 e. The zero-order valence-corrected chi connectivity index (χ0v) is 12.3. The Balaban J connectivity index is 2.16. The Morgan fingerprint density at radius 1 is 1.38 bits per heavy atom. The van der Waals surface area contributed by atoms with Gasteiger partial charge in [-0.05, 0) is 12.1 Å². The van der Waals surface area contributed by atoms with Crippen molar-refractivity contribution in [2.24, 2.45) is 0 Å². The van der Waals surface area contributed by atoms with Crippen LogP contribution in [0.5, 0.6) is 0 Å². The maximum Gasteiger partial charge on any atom is 0.357 e. The second kappa shape index (κ2) is 5.79. The van der Waals surface area contributed by atoms with Crippen molar-refractivity contribution in [2.45, 2.75) is 13.0 Å². The second-order valence-electron chi connectivity index (χ2n) is 4.75. The van der Waals surface area contributed by atoms with Crippen molar-refractivity contribution in [3.05, 3.63) is 46.2 Å². The quantitative estimate of drug-likeness (QED) is 0.862. The van der Waals surface area contributed by atoms with E-state index in [9.17, 15) is 4.79 Å². The minimum Gasteiger partial charge on any atom is -0.464 e. The molecule has 21 heavy (non-hydrogen) atoms. The average molecular weight is 304 g/mol. The van der Waals surface area contributed by atoms with E-state index >= 15 is 0 Å². The molecule has 0 saturated carbocycles. The van der Waals surface area contributed by atoms with Gasteiger partial charge in [-0.15, -0.1) is 0 Å². The van der Waals surface area contributed by atoms with E-state index in [0.717, 1.165) is 29.8 Å². The Kier molecular flexibility index (Phi) is 3.86. The topological polar surface area (TPSA) is 64.1 Å². The standard InChI is InChI=1S/C15H14ClN3O2/c1-21-15(20)13-11-8-17-6-5-12(11)18-14(19-13)9-3-2-4-10(16)7-9/h2-4,7,17H,5-6,8H2,1H3. The molecule has 0 saturated heterocycles. The Labute approximate surface area is 127 Å². The molecule has 0 radical (unpaired) electrons. The number of fused-ring (bicyclic) bond motifs is 1. The minimum absolute atomic E-state index is 0.324. The summed E-state index contributed by atoms with van der Waals surface area (Å²) in [5.41, 5.74) is 2.82. The molecule has 3 rings (SSSR count). The van der Waals surface area contributed by atoms with E-state index in [1.54, 1.807) is 12.1 Å². The number of benzene rings is 1. The first kappa shape index (κ1) is 14.0. The summed E-state index contributed by atoms with van der Waals surface area (Å²) in [7, 11) is 1.35. The summed E-state index contributed by atoms with van der Waals surface area (Å²) in [6.07, 6.45) is 0.759.